The highest BCUT2D eigenvalue weighted by atomic mass is 16.5. The highest BCUT2D eigenvalue weighted by molar-refractivity contribution is 5.28. The molecular formula is C16H21NO2. The third kappa shape index (κ3) is 4.45. The van der Waals surface area contributed by atoms with Crippen molar-refractivity contribution in [3.63, 3.8) is 0 Å². The molecule has 0 aliphatic carbocycles. The maximum atomic E-state index is 5.50. The highest BCUT2D eigenvalue weighted by Gasteiger charge is 1.99. The maximum Gasteiger partial charge on any atom is 0.119 e. The van der Waals surface area contributed by atoms with E-state index in [1.54, 1.807) is 7.11 Å². The van der Waals surface area contributed by atoms with E-state index in [-0.39, 0.29) is 0 Å². The molecule has 0 amide bonds. The van der Waals surface area contributed by atoms with E-state index >= 15 is 0 Å². The molecule has 0 saturated heterocycles. The normalized spacial score (nSPS) is 10.6. The Kier molecular flexibility index (Phi) is 5.04. The Hall–Kier alpha value is -1.74. The number of hydrogen-bond donors (Lipinski definition) is 1. The minimum atomic E-state index is 0.798. The largest absolute Gasteiger partial charge is 0.497 e. The van der Waals surface area contributed by atoms with Gasteiger partial charge in [-0.1, -0.05) is 12.1 Å². The highest BCUT2D eigenvalue weighted by Crippen LogP contribution is 2.13. The molecule has 102 valence electrons. The van der Waals surface area contributed by atoms with Crippen LogP contribution in [-0.4, -0.2) is 13.7 Å². The zero-order valence-corrected chi connectivity index (χ0v) is 11.6. The summed E-state index contributed by atoms with van der Waals surface area (Å²) in [5.74, 6) is 2.89. The van der Waals surface area contributed by atoms with Gasteiger partial charge in [-0.15, -0.1) is 0 Å². The lowest BCUT2D eigenvalue weighted by molar-refractivity contribution is 0.414. The molecule has 2 aromatic rings. The summed E-state index contributed by atoms with van der Waals surface area (Å²) in [7, 11) is 1.70. The van der Waals surface area contributed by atoms with E-state index < -0.39 is 0 Å². The summed E-state index contributed by atoms with van der Waals surface area (Å²) in [6, 6.07) is 12.3. The molecule has 0 aliphatic rings. The molecule has 1 aromatic heterocycles. The van der Waals surface area contributed by atoms with E-state index in [4.69, 9.17) is 9.15 Å². The Labute approximate surface area is 114 Å². The van der Waals surface area contributed by atoms with Crippen LogP contribution in [0.25, 0.3) is 0 Å². The molecule has 0 aliphatic heterocycles. The Morgan fingerprint density at radius 1 is 1.21 bits per heavy atom. The summed E-state index contributed by atoms with van der Waals surface area (Å²) >= 11 is 0. The lowest BCUT2D eigenvalue weighted by Crippen LogP contribution is -2.14. The number of aryl methyl sites for hydroxylation is 2. The van der Waals surface area contributed by atoms with Crippen molar-refractivity contribution >= 4 is 0 Å². The Morgan fingerprint density at radius 2 is 2.11 bits per heavy atom. The predicted octanol–water partition coefficient (Wildman–Crippen LogP) is 3.32. The SMILES string of the molecule is COc1cccc(CCCNCc2ccc(C)o2)c1. The molecule has 1 N–H and O–H groups in total. The average Bonchev–Trinajstić information content (AvgIpc) is 2.84. The molecule has 0 fully saturated rings. The van der Waals surface area contributed by atoms with Gasteiger partial charge in [-0.2, -0.15) is 0 Å². The first-order valence-corrected chi connectivity index (χ1v) is 6.67. The van der Waals surface area contributed by atoms with Crippen LogP contribution < -0.4 is 10.1 Å². The van der Waals surface area contributed by atoms with Gasteiger partial charge in [-0.3, -0.25) is 0 Å². The van der Waals surface area contributed by atoms with Crippen LogP contribution in [0.4, 0.5) is 0 Å². The third-order valence-electron chi connectivity index (χ3n) is 3.05. The van der Waals surface area contributed by atoms with Crippen molar-refractivity contribution in [2.75, 3.05) is 13.7 Å². The van der Waals surface area contributed by atoms with Crippen LogP contribution in [0.3, 0.4) is 0 Å². The van der Waals surface area contributed by atoms with Gasteiger partial charge in [0, 0.05) is 0 Å². The lowest BCUT2D eigenvalue weighted by Gasteiger charge is -2.05. The van der Waals surface area contributed by atoms with Gasteiger partial charge < -0.3 is 14.5 Å². The minimum Gasteiger partial charge on any atom is -0.497 e. The molecule has 0 radical (unpaired) electrons. The Morgan fingerprint density at radius 3 is 2.84 bits per heavy atom. The van der Waals surface area contributed by atoms with Crippen LogP contribution in [0.2, 0.25) is 0 Å². The molecule has 1 aromatic carbocycles. The standard InChI is InChI=1S/C16H21NO2/c1-13-8-9-16(19-13)12-17-10-4-6-14-5-3-7-15(11-14)18-2/h3,5,7-9,11,17H,4,6,10,12H2,1-2H3. The van der Waals surface area contributed by atoms with Crippen molar-refractivity contribution in [2.45, 2.75) is 26.3 Å². The van der Waals surface area contributed by atoms with E-state index in [1.165, 1.54) is 5.56 Å². The fourth-order valence-electron chi connectivity index (χ4n) is 2.04. The molecule has 3 nitrogen and oxygen atoms in total. The number of rotatable bonds is 7. The van der Waals surface area contributed by atoms with Crippen molar-refractivity contribution in [2.24, 2.45) is 0 Å². The molecule has 0 bridgehead atoms. The van der Waals surface area contributed by atoms with Gasteiger partial charge >= 0.3 is 0 Å². The van der Waals surface area contributed by atoms with Gasteiger partial charge in [-0.25, -0.2) is 0 Å². The zero-order valence-electron chi connectivity index (χ0n) is 11.6. The fourth-order valence-corrected chi connectivity index (χ4v) is 2.04. The molecular weight excluding hydrogens is 238 g/mol. The molecule has 3 heteroatoms. The van der Waals surface area contributed by atoms with Crippen molar-refractivity contribution in [1.29, 1.82) is 0 Å². The first-order valence-electron chi connectivity index (χ1n) is 6.67. The van der Waals surface area contributed by atoms with Crippen molar-refractivity contribution in [3.8, 4) is 5.75 Å². The number of benzene rings is 1. The predicted molar refractivity (Wildman–Crippen MR) is 76.5 cm³/mol. The van der Waals surface area contributed by atoms with Crippen LogP contribution in [0.15, 0.2) is 40.8 Å². The lowest BCUT2D eigenvalue weighted by atomic mass is 10.1. The second-order valence-corrected chi connectivity index (χ2v) is 4.64. The van der Waals surface area contributed by atoms with Gasteiger partial charge in [0.15, 0.2) is 0 Å². The van der Waals surface area contributed by atoms with Crippen LogP contribution in [0.1, 0.15) is 23.5 Å². The molecule has 0 unspecified atom stereocenters. The maximum absolute atomic E-state index is 5.50. The summed E-state index contributed by atoms with van der Waals surface area (Å²) < 4.78 is 10.7. The van der Waals surface area contributed by atoms with E-state index in [2.05, 4.69) is 17.4 Å². The first-order chi connectivity index (χ1) is 9.28. The van der Waals surface area contributed by atoms with Gasteiger partial charge in [-0.05, 0) is 56.1 Å². The smallest absolute Gasteiger partial charge is 0.119 e. The van der Waals surface area contributed by atoms with Crippen LogP contribution in [-0.2, 0) is 13.0 Å². The zero-order chi connectivity index (χ0) is 13.5. The van der Waals surface area contributed by atoms with E-state index in [0.717, 1.165) is 43.2 Å². The summed E-state index contributed by atoms with van der Waals surface area (Å²) in [5.41, 5.74) is 1.31. The summed E-state index contributed by atoms with van der Waals surface area (Å²) in [6.45, 7) is 3.75. The van der Waals surface area contributed by atoms with E-state index in [1.807, 2.05) is 31.2 Å². The van der Waals surface area contributed by atoms with Crippen molar-refractivity contribution < 1.29 is 9.15 Å². The first kappa shape index (κ1) is 13.7. The van der Waals surface area contributed by atoms with Crippen molar-refractivity contribution in [3.05, 3.63) is 53.5 Å². The van der Waals surface area contributed by atoms with Crippen LogP contribution in [0, 0.1) is 6.92 Å². The summed E-state index contributed by atoms with van der Waals surface area (Å²) in [6.07, 6.45) is 2.16. The summed E-state index contributed by atoms with van der Waals surface area (Å²) in [5, 5.41) is 3.39. The van der Waals surface area contributed by atoms with E-state index in [9.17, 15) is 0 Å². The second kappa shape index (κ2) is 7.00. The average molecular weight is 259 g/mol. The minimum absolute atomic E-state index is 0.798. The quantitative estimate of drug-likeness (QED) is 0.775. The molecule has 2 rings (SSSR count). The second-order valence-electron chi connectivity index (χ2n) is 4.64. The van der Waals surface area contributed by atoms with Gasteiger partial charge in [0.05, 0.1) is 13.7 Å². The van der Waals surface area contributed by atoms with Crippen molar-refractivity contribution in [1.82, 2.24) is 5.32 Å². The number of ether oxygens (including phenoxy) is 1. The molecule has 0 saturated carbocycles. The van der Waals surface area contributed by atoms with Gasteiger partial charge in [0.25, 0.3) is 0 Å². The molecule has 0 atom stereocenters. The van der Waals surface area contributed by atoms with Gasteiger partial charge in [0.1, 0.15) is 17.3 Å². The fraction of sp³-hybridized carbons (Fsp3) is 0.375. The Bertz CT molecular complexity index is 505. The number of methoxy groups -OCH3 is 1. The number of furan rings is 1. The number of hydrogen-bond acceptors (Lipinski definition) is 3. The monoisotopic (exact) mass is 259 g/mol. The van der Waals surface area contributed by atoms with Crippen LogP contribution in [0.5, 0.6) is 5.75 Å². The molecule has 19 heavy (non-hydrogen) atoms. The molecule has 1 heterocycles. The Balaban J connectivity index is 1.66. The molecule has 0 spiro atoms. The van der Waals surface area contributed by atoms with Gasteiger partial charge in [0.2, 0.25) is 0 Å². The topological polar surface area (TPSA) is 34.4 Å². The van der Waals surface area contributed by atoms with Crippen LogP contribution >= 0.6 is 0 Å². The third-order valence-corrected chi connectivity index (χ3v) is 3.05. The van der Waals surface area contributed by atoms with E-state index in [0.29, 0.717) is 0 Å². The summed E-state index contributed by atoms with van der Waals surface area (Å²) in [4.78, 5) is 0. The number of nitrogens with one attached hydrogen (secondary N) is 1.